The lowest BCUT2D eigenvalue weighted by molar-refractivity contribution is 0.0941. The largest absolute Gasteiger partial charge is 0.497 e. The smallest absolute Gasteiger partial charge is 0.308 e. The van der Waals surface area contributed by atoms with Gasteiger partial charge in [0.05, 0.1) is 13.7 Å². The number of methoxy groups -OCH3 is 1. The minimum atomic E-state index is -0.130. The lowest BCUT2D eigenvalue weighted by Gasteiger charge is -2.12. The average molecular weight is 425 g/mol. The maximum Gasteiger partial charge on any atom is 0.308 e. The van der Waals surface area contributed by atoms with Gasteiger partial charge in [-0.05, 0) is 43.5 Å². The SMILES string of the molecule is COc1ccc(Br)c(Cn2c(C)c(C(=O)NC3CCCC3)sc2=O)c1. The van der Waals surface area contributed by atoms with Crippen LogP contribution in [0.25, 0.3) is 0 Å². The Morgan fingerprint density at radius 3 is 2.80 bits per heavy atom. The van der Waals surface area contributed by atoms with Crippen molar-refractivity contribution < 1.29 is 9.53 Å². The maximum absolute atomic E-state index is 12.5. The number of hydrogen-bond donors (Lipinski definition) is 1. The number of rotatable bonds is 5. The summed E-state index contributed by atoms with van der Waals surface area (Å²) in [7, 11) is 1.61. The molecule has 7 heteroatoms. The highest BCUT2D eigenvalue weighted by Crippen LogP contribution is 2.25. The first kappa shape index (κ1) is 18.2. The van der Waals surface area contributed by atoms with Crippen molar-refractivity contribution in [3.8, 4) is 5.75 Å². The average Bonchev–Trinajstić information content (AvgIpc) is 3.19. The van der Waals surface area contributed by atoms with Gasteiger partial charge in [-0.1, -0.05) is 40.1 Å². The minimum Gasteiger partial charge on any atom is -0.497 e. The van der Waals surface area contributed by atoms with Crippen LogP contribution in [-0.4, -0.2) is 23.6 Å². The molecule has 1 aliphatic carbocycles. The Labute approximate surface area is 159 Å². The van der Waals surface area contributed by atoms with Crippen LogP contribution < -0.4 is 14.9 Å². The third-order valence-electron chi connectivity index (χ3n) is 4.62. The van der Waals surface area contributed by atoms with Crippen LogP contribution >= 0.6 is 27.3 Å². The molecule has 0 aliphatic heterocycles. The molecule has 1 aromatic heterocycles. The van der Waals surface area contributed by atoms with Crippen molar-refractivity contribution in [1.82, 2.24) is 9.88 Å². The molecule has 5 nitrogen and oxygen atoms in total. The molecule has 0 spiro atoms. The van der Waals surface area contributed by atoms with Gasteiger partial charge in [0, 0.05) is 16.2 Å². The normalized spacial score (nSPS) is 14.7. The minimum absolute atomic E-state index is 0.121. The highest BCUT2D eigenvalue weighted by Gasteiger charge is 2.22. The number of aromatic nitrogens is 1. The summed E-state index contributed by atoms with van der Waals surface area (Å²) in [5.41, 5.74) is 1.64. The summed E-state index contributed by atoms with van der Waals surface area (Å²) in [5.74, 6) is 0.605. The number of hydrogen-bond acceptors (Lipinski definition) is 4. The molecule has 0 unspecified atom stereocenters. The fourth-order valence-electron chi connectivity index (χ4n) is 3.16. The van der Waals surface area contributed by atoms with Crippen LogP contribution in [-0.2, 0) is 6.54 Å². The van der Waals surface area contributed by atoms with E-state index in [1.54, 1.807) is 11.7 Å². The van der Waals surface area contributed by atoms with Gasteiger partial charge in [-0.15, -0.1) is 0 Å². The Morgan fingerprint density at radius 2 is 2.12 bits per heavy atom. The zero-order valence-corrected chi connectivity index (χ0v) is 16.7. The molecule has 2 aromatic rings. The molecule has 0 atom stereocenters. The van der Waals surface area contributed by atoms with Gasteiger partial charge in [0.2, 0.25) is 0 Å². The molecule has 1 heterocycles. The number of benzene rings is 1. The van der Waals surface area contributed by atoms with E-state index in [2.05, 4.69) is 21.2 Å². The Bertz CT molecular complexity index is 837. The van der Waals surface area contributed by atoms with E-state index in [9.17, 15) is 9.59 Å². The van der Waals surface area contributed by atoms with Gasteiger partial charge < -0.3 is 10.1 Å². The van der Waals surface area contributed by atoms with Crippen molar-refractivity contribution in [2.45, 2.75) is 45.2 Å². The predicted octanol–water partition coefficient (Wildman–Crippen LogP) is 3.71. The molecule has 134 valence electrons. The van der Waals surface area contributed by atoms with E-state index in [4.69, 9.17) is 4.74 Å². The van der Waals surface area contributed by atoms with Crippen LogP contribution in [0.2, 0.25) is 0 Å². The van der Waals surface area contributed by atoms with Gasteiger partial charge in [0.25, 0.3) is 5.91 Å². The Hall–Kier alpha value is -1.60. The van der Waals surface area contributed by atoms with Crippen LogP contribution in [0.15, 0.2) is 27.5 Å². The van der Waals surface area contributed by atoms with Crippen molar-refractivity contribution in [2.75, 3.05) is 7.11 Å². The van der Waals surface area contributed by atoms with Gasteiger partial charge in [-0.25, -0.2) is 0 Å². The van der Waals surface area contributed by atoms with E-state index in [1.807, 2.05) is 25.1 Å². The molecule has 0 bridgehead atoms. The van der Waals surface area contributed by atoms with Gasteiger partial charge in [0.15, 0.2) is 0 Å². The topological polar surface area (TPSA) is 60.3 Å². The summed E-state index contributed by atoms with van der Waals surface area (Å²) >= 11 is 4.53. The van der Waals surface area contributed by atoms with Crippen molar-refractivity contribution >= 4 is 33.2 Å². The third kappa shape index (κ3) is 3.98. The number of amides is 1. The monoisotopic (exact) mass is 424 g/mol. The van der Waals surface area contributed by atoms with E-state index < -0.39 is 0 Å². The molecule has 25 heavy (non-hydrogen) atoms. The Balaban J connectivity index is 1.84. The number of ether oxygens (including phenoxy) is 1. The summed E-state index contributed by atoms with van der Waals surface area (Å²) in [6.07, 6.45) is 4.37. The highest BCUT2D eigenvalue weighted by atomic mass is 79.9. The summed E-state index contributed by atoms with van der Waals surface area (Å²) < 4.78 is 7.81. The van der Waals surface area contributed by atoms with E-state index in [-0.39, 0.29) is 16.8 Å². The molecule has 1 aromatic carbocycles. The number of carbonyl (C=O) groups excluding carboxylic acids is 1. The summed E-state index contributed by atoms with van der Waals surface area (Å²) in [6.45, 7) is 2.23. The Kier molecular flexibility index (Phi) is 5.64. The second kappa shape index (κ2) is 7.74. The number of nitrogens with zero attached hydrogens (tertiary/aromatic N) is 1. The van der Waals surface area contributed by atoms with Crippen molar-refractivity contribution in [3.05, 3.63) is 48.5 Å². The second-order valence-corrected chi connectivity index (χ2v) is 8.10. The molecule has 0 radical (unpaired) electrons. The molecular weight excluding hydrogens is 404 g/mol. The molecule has 1 amide bonds. The molecular formula is C18H21BrN2O3S. The molecule has 3 rings (SSSR count). The number of carbonyl (C=O) groups is 1. The molecule has 1 saturated carbocycles. The van der Waals surface area contributed by atoms with Gasteiger partial charge in [0.1, 0.15) is 10.6 Å². The number of thiazole rings is 1. The lowest BCUT2D eigenvalue weighted by Crippen LogP contribution is -2.32. The van der Waals surface area contributed by atoms with Crippen LogP contribution in [0.1, 0.15) is 46.6 Å². The fourth-order valence-corrected chi connectivity index (χ4v) is 4.43. The highest BCUT2D eigenvalue weighted by molar-refractivity contribution is 9.10. The lowest BCUT2D eigenvalue weighted by atomic mass is 10.2. The third-order valence-corrected chi connectivity index (χ3v) is 6.47. The second-order valence-electron chi connectivity index (χ2n) is 6.28. The van der Waals surface area contributed by atoms with Gasteiger partial charge in [-0.3, -0.25) is 14.2 Å². The Morgan fingerprint density at radius 1 is 1.40 bits per heavy atom. The predicted molar refractivity (Wildman–Crippen MR) is 103 cm³/mol. The van der Waals surface area contributed by atoms with Crippen molar-refractivity contribution in [1.29, 1.82) is 0 Å². The van der Waals surface area contributed by atoms with Crippen LogP contribution in [0.5, 0.6) is 5.75 Å². The zero-order valence-electron chi connectivity index (χ0n) is 14.3. The summed E-state index contributed by atoms with van der Waals surface area (Å²) in [4.78, 5) is 25.3. The standard InChI is InChI=1S/C18H21BrN2O3S/c1-11-16(17(22)20-13-5-3-4-6-13)25-18(23)21(11)10-12-9-14(24-2)7-8-15(12)19/h7-9,13H,3-6,10H2,1-2H3,(H,20,22). The quantitative estimate of drug-likeness (QED) is 0.795. The van der Waals surface area contributed by atoms with E-state index >= 15 is 0 Å². The van der Waals surface area contributed by atoms with Gasteiger partial charge >= 0.3 is 4.87 Å². The van der Waals surface area contributed by atoms with Crippen LogP contribution in [0, 0.1) is 6.92 Å². The molecule has 1 fully saturated rings. The summed E-state index contributed by atoms with van der Waals surface area (Å²) in [5, 5.41) is 3.06. The maximum atomic E-state index is 12.5. The first-order valence-corrected chi connectivity index (χ1v) is 9.94. The number of nitrogens with one attached hydrogen (secondary N) is 1. The van der Waals surface area contributed by atoms with Gasteiger partial charge in [-0.2, -0.15) is 0 Å². The first-order valence-electron chi connectivity index (χ1n) is 8.33. The molecule has 1 aliphatic rings. The van der Waals surface area contributed by atoms with Crippen LogP contribution in [0.4, 0.5) is 0 Å². The van der Waals surface area contributed by atoms with E-state index in [0.29, 0.717) is 17.1 Å². The summed E-state index contributed by atoms with van der Waals surface area (Å²) in [6, 6.07) is 5.89. The van der Waals surface area contributed by atoms with Crippen molar-refractivity contribution in [3.63, 3.8) is 0 Å². The first-order chi connectivity index (χ1) is 12.0. The number of halogens is 1. The molecule has 1 N–H and O–H groups in total. The zero-order chi connectivity index (χ0) is 18.0. The fraction of sp³-hybridized carbons (Fsp3) is 0.444. The van der Waals surface area contributed by atoms with E-state index in [0.717, 1.165) is 52.8 Å². The molecule has 0 saturated heterocycles. The van der Waals surface area contributed by atoms with Crippen molar-refractivity contribution in [2.24, 2.45) is 0 Å². The van der Waals surface area contributed by atoms with E-state index in [1.165, 1.54) is 0 Å². The van der Waals surface area contributed by atoms with Crippen LogP contribution in [0.3, 0.4) is 0 Å².